The van der Waals surface area contributed by atoms with Crippen LogP contribution in [0.5, 0.6) is 11.5 Å². The summed E-state index contributed by atoms with van der Waals surface area (Å²) in [6.07, 6.45) is 1.86. The van der Waals surface area contributed by atoms with Gasteiger partial charge in [-0.3, -0.25) is 0 Å². The van der Waals surface area contributed by atoms with Crippen molar-refractivity contribution in [1.29, 1.82) is 0 Å². The summed E-state index contributed by atoms with van der Waals surface area (Å²) in [5, 5.41) is 49.5. The minimum Gasteiger partial charge on any atom is -0.490 e. The van der Waals surface area contributed by atoms with Gasteiger partial charge in [0.05, 0.1) is 24.6 Å². The van der Waals surface area contributed by atoms with Crippen LogP contribution in [0.4, 0.5) is 11.4 Å². The quantitative estimate of drug-likeness (QED) is 0.0383. The van der Waals surface area contributed by atoms with Crippen LogP contribution in [0.25, 0.3) is 22.3 Å². The van der Waals surface area contributed by atoms with Crippen molar-refractivity contribution >= 4 is 70.1 Å². The van der Waals surface area contributed by atoms with Crippen molar-refractivity contribution in [2.24, 2.45) is 20.4 Å². The normalized spacial score (nSPS) is 13.2. The Morgan fingerprint density at radius 2 is 0.845 bits per heavy atom. The molecule has 2 unspecified atom stereocenters. The van der Waals surface area contributed by atoms with E-state index in [1.54, 1.807) is 12.4 Å². The van der Waals surface area contributed by atoms with E-state index in [-0.39, 0.29) is 13.2 Å². The second-order valence-electron chi connectivity index (χ2n) is 16.7. The van der Waals surface area contributed by atoms with Crippen molar-refractivity contribution in [2.75, 3.05) is 60.7 Å². The van der Waals surface area contributed by atoms with Crippen molar-refractivity contribution in [2.45, 2.75) is 48.6 Å². The summed E-state index contributed by atoms with van der Waals surface area (Å²) in [5.74, 6) is 1.93. The van der Waals surface area contributed by atoms with E-state index in [2.05, 4.69) is 119 Å². The SMILES string of the molecule is CCN(CC)c1ccc(C=NN=C2c3ccccc3-c3ccccc32)c(OCC(O)CSc2nnc(SCC(O)COc3cc(N(CC)CC)ccc3C=NN=C3c4ccccc4-c4ccccc43)s2)c1. The number of hydrogen-bond acceptors (Lipinski definition) is 15. The van der Waals surface area contributed by atoms with Crippen LogP contribution in [0, 0.1) is 0 Å². The van der Waals surface area contributed by atoms with E-state index in [1.807, 2.05) is 72.8 Å². The number of hydrogen-bond donors (Lipinski definition) is 2. The van der Waals surface area contributed by atoms with Gasteiger partial charge in [0.25, 0.3) is 0 Å². The Morgan fingerprint density at radius 3 is 1.18 bits per heavy atom. The Labute approximate surface area is 427 Å². The van der Waals surface area contributed by atoms with Crippen molar-refractivity contribution in [3.05, 3.63) is 167 Å². The highest BCUT2D eigenvalue weighted by Gasteiger charge is 2.25. The van der Waals surface area contributed by atoms with E-state index in [4.69, 9.17) is 19.7 Å². The number of thioether (sulfide) groups is 2. The number of nitrogens with zero attached hydrogens (tertiary/aromatic N) is 8. The van der Waals surface area contributed by atoms with Gasteiger partial charge in [-0.2, -0.15) is 10.2 Å². The van der Waals surface area contributed by atoms with Crippen molar-refractivity contribution in [3.63, 3.8) is 0 Å². The highest BCUT2D eigenvalue weighted by atomic mass is 32.2. The molecule has 2 N–H and O–H groups in total. The number of rotatable bonds is 22. The molecule has 0 saturated carbocycles. The van der Waals surface area contributed by atoms with Crippen LogP contribution >= 0.6 is 34.9 Å². The number of aliphatic hydroxyl groups excluding tert-OH is 2. The van der Waals surface area contributed by atoms with Crippen molar-refractivity contribution in [3.8, 4) is 33.8 Å². The van der Waals surface area contributed by atoms with Gasteiger partial charge in [0, 0.05) is 94.6 Å². The standard InChI is InChI=1S/C56H56N8O4S3/c1-5-63(6-2)39-27-25-37(31-57-59-53-47-21-13-9-17-43(47)44-18-10-14-22-48(44)53)51(29-39)67-33-41(65)35-69-55-61-62-56(71-55)70-36-42(66)34-68-52-30-40(64(7-3)8-4)28-26-38(52)32-58-60-54-49-23-15-11-19-45(49)46-20-12-16-24-50(46)54/h9-32,41-42,65-66H,5-8,33-36H2,1-4H3. The lowest BCUT2D eigenvalue weighted by molar-refractivity contribution is 0.126. The molecule has 0 aliphatic heterocycles. The number of benzene rings is 6. The molecule has 0 saturated heterocycles. The lowest BCUT2D eigenvalue weighted by Gasteiger charge is -2.22. The van der Waals surface area contributed by atoms with Crippen molar-refractivity contribution in [1.82, 2.24) is 10.2 Å². The lowest BCUT2D eigenvalue weighted by atomic mass is 10.1. The van der Waals surface area contributed by atoms with Gasteiger partial charge in [0.1, 0.15) is 36.1 Å². The van der Waals surface area contributed by atoms with Gasteiger partial charge in [-0.15, -0.1) is 20.4 Å². The summed E-state index contributed by atoms with van der Waals surface area (Å²) in [5.41, 5.74) is 14.0. The van der Waals surface area contributed by atoms with E-state index in [9.17, 15) is 10.2 Å². The van der Waals surface area contributed by atoms with Crippen LogP contribution in [-0.4, -0.2) is 107 Å². The second kappa shape index (κ2) is 23.5. The van der Waals surface area contributed by atoms with E-state index in [0.717, 1.165) is 105 Å². The predicted octanol–water partition coefficient (Wildman–Crippen LogP) is 11.0. The highest BCUT2D eigenvalue weighted by molar-refractivity contribution is 8.03. The van der Waals surface area contributed by atoms with Crippen LogP contribution in [0.2, 0.25) is 0 Å². The zero-order valence-electron chi connectivity index (χ0n) is 40.2. The Hall–Kier alpha value is -6.62. The first-order chi connectivity index (χ1) is 34.8. The third kappa shape index (κ3) is 11.5. The second-order valence-corrected chi connectivity index (χ2v) is 20.3. The minimum atomic E-state index is -0.786. The van der Waals surface area contributed by atoms with Crippen LogP contribution in [-0.2, 0) is 0 Å². The topological polar surface area (TPSA) is 141 Å². The van der Waals surface area contributed by atoms with E-state index >= 15 is 0 Å². The molecule has 9 rings (SSSR count). The maximum absolute atomic E-state index is 11.1. The van der Waals surface area contributed by atoms with E-state index in [1.165, 1.54) is 34.9 Å². The maximum atomic E-state index is 11.1. The zero-order chi connectivity index (χ0) is 49.1. The molecule has 2 aliphatic carbocycles. The molecule has 1 heterocycles. The number of anilines is 2. The van der Waals surface area contributed by atoms with Crippen LogP contribution in [0.1, 0.15) is 61.1 Å². The molecule has 0 spiro atoms. The van der Waals surface area contributed by atoms with Crippen LogP contribution in [0.3, 0.4) is 0 Å². The van der Waals surface area contributed by atoms with E-state index < -0.39 is 12.2 Å². The molecule has 0 fully saturated rings. The summed E-state index contributed by atoms with van der Waals surface area (Å²) in [6, 6.07) is 45.1. The molecular weight excluding hydrogens is 945 g/mol. The molecule has 6 aromatic carbocycles. The van der Waals surface area contributed by atoms with Gasteiger partial charge in [-0.1, -0.05) is 132 Å². The van der Waals surface area contributed by atoms with Gasteiger partial charge < -0.3 is 29.5 Å². The first-order valence-corrected chi connectivity index (χ1v) is 26.7. The molecule has 362 valence electrons. The fraction of sp³-hybridized carbons (Fsp3) is 0.250. The first-order valence-electron chi connectivity index (χ1n) is 23.9. The molecule has 71 heavy (non-hydrogen) atoms. The zero-order valence-corrected chi connectivity index (χ0v) is 42.6. The summed E-state index contributed by atoms with van der Waals surface area (Å²) in [6.45, 7) is 12.0. The van der Waals surface area contributed by atoms with Gasteiger partial charge in [0.15, 0.2) is 8.68 Å². The average Bonchev–Trinajstić information content (AvgIpc) is 4.10. The molecule has 7 aromatic rings. The Balaban J connectivity index is 0.795. The molecule has 1 aromatic heterocycles. The Morgan fingerprint density at radius 1 is 0.507 bits per heavy atom. The monoisotopic (exact) mass is 1000 g/mol. The van der Waals surface area contributed by atoms with Gasteiger partial charge in [0.2, 0.25) is 0 Å². The average molecular weight is 1000 g/mol. The van der Waals surface area contributed by atoms with Gasteiger partial charge >= 0.3 is 0 Å². The molecule has 12 nitrogen and oxygen atoms in total. The van der Waals surface area contributed by atoms with Gasteiger partial charge in [-0.05, 0) is 74.2 Å². The summed E-state index contributed by atoms with van der Waals surface area (Å²) >= 11 is 4.25. The fourth-order valence-electron chi connectivity index (χ4n) is 8.70. The molecule has 0 amide bonds. The largest absolute Gasteiger partial charge is 0.490 e. The molecule has 0 bridgehead atoms. The number of fused-ring (bicyclic) bond motifs is 6. The smallest absolute Gasteiger partial charge is 0.175 e. The third-order valence-corrected chi connectivity index (χ3v) is 15.8. The Bertz CT molecular complexity index is 2790. The van der Waals surface area contributed by atoms with E-state index in [0.29, 0.717) is 31.7 Å². The number of aromatic nitrogens is 2. The number of aliphatic hydroxyl groups is 2. The minimum absolute atomic E-state index is 0.0696. The summed E-state index contributed by atoms with van der Waals surface area (Å²) in [7, 11) is 0. The molecule has 2 atom stereocenters. The van der Waals surface area contributed by atoms with Crippen LogP contribution < -0.4 is 19.3 Å². The highest BCUT2D eigenvalue weighted by Crippen LogP contribution is 2.38. The molecule has 2 aliphatic rings. The van der Waals surface area contributed by atoms with Gasteiger partial charge in [-0.25, -0.2) is 0 Å². The summed E-state index contributed by atoms with van der Waals surface area (Å²) < 4.78 is 14.0. The fourth-order valence-corrected chi connectivity index (χ4v) is 11.6. The van der Waals surface area contributed by atoms with Crippen LogP contribution in [0.15, 0.2) is 163 Å². The molecule has 15 heteroatoms. The number of ether oxygens (including phenoxy) is 2. The first kappa shape index (κ1) is 49.4. The Kier molecular flexibility index (Phi) is 16.4. The third-order valence-electron chi connectivity index (χ3n) is 12.3. The summed E-state index contributed by atoms with van der Waals surface area (Å²) in [4.78, 5) is 4.49. The molecular formula is C56H56N8O4S3. The predicted molar refractivity (Wildman–Crippen MR) is 295 cm³/mol. The van der Waals surface area contributed by atoms with Crippen molar-refractivity contribution < 1.29 is 19.7 Å². The molecule has 0 radical (unpaired) electrons. The maximum Gasteiger partial charge on any atom is 0.175 e. The lowest BCUT2D eigenvalue weighted by Crippen LogP contribution is -2.23.